The number of pyridine rings is 1. The number of hydrogen-bond donors (Lipinski definition) is 2. The van der Waals surface area contributed by atoms with Crippen molar-refractivity contribution in [2.75, 3.05) is 13.2 Å². The molecule has 1 aromatic carbocycles. The summed E-state index contributed by atoms with van der Waals surface area (Å²) in [7, 11) is 0. The smallest absolute Gasteiger partial charge is 0.252 e. The topological polar surface area (TPSA) is 62.2 Å². The number of carbonyl (C=O) groups excluding carboxylic acids is 1. The van der Waals surface area contributed by atoms with Crippen LogP contribution in [0.5, 0.6) is 0 Å². The van der Waals surface area contributed by atoms with E-state index in [0.29, 0.717) is 5.56 Å². The van der Waals surface area contributed by atoms with Crippen LogP contribution < -0.4 is 5.32 Å². The molecule has 0 bridgehead atoms. The van der Waals surface area contributed by atoms with Gasteiger partial charge in [-0.1, -0.05) is 12.1 Å². The maximum Gasteiger partial charge on any atom is 0.252 e. The molecule has 16 heavy (non-hydrogen) atoms. The molecule has 0 aliphatic heterocycles. The number of rotatable bonds is 3. The van der Waals surface area contributed by atoms with E-state index in [-0.39, 0.29) is 19.1 Å². The zero-order valence-corrected chi connectivity index (χ0v) is 8.68. The van der Waals surface area contributed by atoms with Crippen LogP contribution in [0.1, 0.15) is 10.4 Å². The average Bonchev–Trinajstić information content (AvgIpc) is 2.35. The van der Waals surface area contributed by atoms with Crippen LogP contribution in [0, 0.1) is 0 Å². The first kappa shape index (κ1) is 10.6. The van der Waals surface area contributed by atoms with Crippen LogP contribution in [0.2, 0.25) is 0 Å². The van der Waals surface area contributed by atoms with Crippen molar-refractivity contribution in [1.82, 2.24) is 10.3 Å². The SMILES string of the molecule is O=C(NCCO)c1cccc2ncccc12. The molecule has 0 atom stereocenters. The van der Waals surface area contributed by atoms with E-state index in [2.05, 4.69) is 10.3 Å². The number of fused-ring (bicyclic) bond motifs is 1. The largest absolute Gasteiger partial charge is 0.395 e. The molecule has 1 heterocycles. The molecule has 4 heteroatoms. The minimum atomic E-state index is -0.187. The first-order valence-corrected chi connectivity index (χ1v) is 5.06. The third kappa shape index (κ3) is 2.01. The summed E-state index contributed by atoms with van der Waals surface area (Å²) in [4.78, 5) is 15.9. The Morgan fingerprint density at radius 2 is 2.19 bits per heavy atom. The predicted molar refractivity (Wildman–Crippen MR) is 61.2 cm³/mol. The van der Waals surface area contributed by atoms with E-state index in [9.17, 15) is 4.79 Å². The van der Waals surface area contributed by atoms with Crippen molar-refractivity contribution >= 4 is 16.8 Å². The lowest BCUT2D eigenvalue weighted by Crippen LogP contribution is -2.26. The number of aliphatic hydroxyl groups excluding tert-OH is 1. The molecule has 0 aliphatic carbocycles. The van der Waals surface area contributed by atoms with E-state index < -0.39 is 0 Å². The second-order valence-corrected chi connectivity index (χ2v) is 3.36. The van der Waals surface area contributed by atoms with E-state index in [1.807, 2.05) is 12.1 Å². The molecule has 2 rings (SSSR count). The summed E-state index contributed by atoms with van der Waals surface area (Å²) in [5.41, 5.74) is 1.37. The highest BCUT2D eigenvalue weighted by Gasteiger charge is 2.08. The maximum absolute atomic E-state index is 11.8. The lowest BCUT2D eigenvalue weighted by atomic mass is 10.1. The number of nitrogens with zero attached hydrogens (tertiary/aromatic N) is 1. The molecule has 0 unspecified atom stereocenters. The summed E-state index contributed by atoms with van der Waals surface area (Å²) < 4.78 is 0. The Labute approximate surface area is 92.9 Å². The molecule has 0 fully saturated rings. The molecule has 0 radical (unpaired) electrons. The summed E-state index contributed by atoms with van der Waals surface area (Å²) in [6, 6.07) is 9.05. The number of amides is 1. The minimum absolute atomic E-state index is 0.0608. The van der Waals surface area contributed by atoms with Gasteiger partial charge < -0.3 is 10.4 Å². The average molecular weight is 216 g/mol. The Balaban J connectivity index is 2.40. The Bertz CT molecular complexity index is 506. The van der Waals surface area contributed by atoms with Gasteiger partial charge in [0.2, 0.25) is 0 Å². The Morgan fingerprint density at radius 1 is 1.31 bits per heavy atom. The van der Waals surface area contributed by atoms with Gasteiger partial charge in [-0.25, -0.2) is 0 Å². The molecule has 4 nitrogen and oxygen atoms in total. The molecular formula is C12H12N2O2. The van der Waals surface area contributed by atoms with Crippen LogP contribution in [0.3, 0.4) is 0 Å². The number of nitrogens with one attached hydrogen (secondary N) is 1. The summed E-state index contributed by atoms with van der Waals surface area (Å²) >= 11 is 0. The highest BCUT2D eigenvalue weighted by Crippen LogP contribution is 2.15. The minimum Gasteiger partial charge on any atom is -0.395 e. The highest BCUT2D eigenvalue weighted by molar-refractivity contribution is 6.06. The molecule has 82 valence electrons. The van der Waals surface area contributed by atoms with E-state index in [4.69, 9.17) is 5.11 Å². The second-order valence-electron chi connectivity index (χ2n) is 3.36. The standard InChI is InChI=1S/C12H12N2O2/c15-8-7-14-12(16)10-3-1-5-11-9(10)4-2-6-13-11/h1-6,15H,7-8H2,(H,14,16). The summed E-state index contributed by atoms with van der Waals surface area (Å²) in [6.45, 7) is 0.199. The number of aromatic nitrogens is 1. The first-order valence-electron chi connectivity index (χ1n) is 5.06. The zero-order chi connectivity index (χ0) is 11.4. The zero-order valence-electron chi connectivity index (χ0n) is 8.68. The van der Waals surface area contributed by atoms with Gasteiger partial charge in [0.15, 0.2) is 0 Å². The summed E-state index contributed by atoms with van der Waals surface area (Å²) in [6.07, 6.45) is 1.69. The Kier molecular flexibility index (Phi) is 3.12. The van der Waals surface area contributed by atoms with Crippen molar-refractivity contribution in [2.24, 2.45) is 0 Å². The first-order chi connectivity index (χ1) is 7.83. The fraction of sp³-hybridized carbons (Fsp3) is 0.167. The van der Waals surface area contributed by atoms with Crippen LogP contribution in [0.25, 0.3) is 10.9 Å². The van der Waals surface area contributed by atoms with Crippen molar-refractivity contribution < 1.29 is 9.90 Å². The van der Waals surface area contributed by atoms with Gasteiger partial charge in [-0.05, 0) is 18.2 Å². The van der Waals surface area contributed by atoms with Crippen molar-refractivity contribution in [1.29, 1.82) is 0 Å². The predicted octanol–water partition coefficient (Wildman–Crippen LogP) is 0.957. The van der Waals surface area contributed by atoms with Crippen molar-refractivity contribution in [3.05, 3.63) is 42.1 Å². The molecular weight excluding hydrogens is 204 g/mol. The van der Waals surface area contributed by atoms with Gasteiger partial charge >= 0.3 is 0 Å². The monoisotopic (exact) mass is 216 g/mol. The van der Waals surface area contributed by atoms with Gasteiger partial charge in [-0.3, -0.25) is 9.78 Å². The fourth-order valence-electron chi connectivity index (χ4n) is 1.57. The second kappa shape index (κ2) is 4.72. The number of carbonyl (C=O) groups is 1. The lowest BCUT2D eigenvalue weighted by Gasteiger charge is -2.06. The van der Waals surface area contributed by atoms with E-state index in [0.717, 1.165) is 10.9 Å². The number of aliphatic hydroxyl groups is 1. The van der Waals surface area contributed by atoms with Crippen LogP contribution in [-0.4, -0.2) is 29.1 Å². The van der Waals surface area contributed by atoms with Crippen molar-refractivity contribution in [3.63, 3.8) is 0 Å². The van der Waals surface area contributed by atoms with Gasteiger partial charge in [0, 0.05) is 23.7 Å². The fourth-order valence-corrected chi connectivity index (χ4v) is 1.57. The quantitative estimate of drug-likeness (QED) is 0.803. The highest BCUT2D eigenvalue weighted by atomic mass is 16.3. The Hall–Kier alpha value is -1.94. The van der Waals surface area contributed by atoms with Crippen molar-refractivity contribution in [3.8, 4) is 0 Å². The van der Waals surface area contributed by atoms with Crippen molar-refractivity contribution in [2.45, 2.75) is 0 Å². The van der Waals surface area contributed by atoms with Crippen LogP contribution in [0.15, 0.2) is 36.5 Å². The lowest BCUT2D eigenvalue weighted by molar-refractivity contribution is 0.0946. The number of hydrogen-bond acceptors (Lipinski definition) is 3. The van der Waals surface area contributed by atoms with E-state index in [1.165, 1.54) is 0 Å². The summed E-state index contributed by atoms with van der Waals surface area (Å²) in [5, 5.41) is 12.1. The molecule has 2 aromatic rings. The Morgan fingerprint density at radius 3 is 3.00 bits per heavy atom. The van der Waals surface area contributed by atoms with Crippen LogP contribution >= 0.6 is 0 Å². The van der Waals surface area contributed by atoms with E-state index in [1.54, 1.807) is 24.4 Å². The molecule has 0 saturated carbocycles. The van der Waals surface area contributed by atoms with Gasteiger partial charge in [0.05, 0.1) is 12.1 Å². The number of benzene rings is 1. The third-order valence-corrected chi connectivity index (χ3v) is 2.29. The van der Waals surface area contributed by atoms with Gasteiger partial charge in [0.1, 0.15) is 0 Å². The summed E-state index contributed by atoms with van der Waals surface area (Å²) in [5.74, 6) is -0.187. The van der Waals surface area contributed by atoms with Crippen LogP contribution in [0.4, 0.5) is 0 Å². The molecule has 0 spiro atoms. The van der Waals surface area contributed by atoms with Gasteiger partial charge in [-0.2, -0.15) is 0 Å². The van der Waals surface area contributed by atoms with Gasteiger partial charge in [-0.15, -0.1) is 0 Å². The maximum atomic E-state index is 11.8. The normalized spacial score (nSPS) is 10.3. The third-order valence-electron chi connectivity index (χ3n) is 2.29. The molecule has 2 N–H and O–H groups in total. The molecule has 1 amide bonds. The molecule has 0 aliphatic rings. The van der Waals surface area contributed by atoms with Gasteiger partial charge in [0.25, 0.3) is 5.91 Å². The molecule has 1 aromatic heterocycles. The van der Waals surface area contributed by atoms with E-state index >= 15 is 0 Å². The van der Waals surface area contributed by atoms with Crippen LogP contribution in [-0.2, 0) is 0 Å². The molecule has 0 saturated heterocycles.